The standard InChI is InChI=1S/C70H46O2S3/c1-3-5-39-71-53-31-25-47-41-51(29-23-49(47)43-53)69(59-21-13-11-19-57(59)67-55-17-9-7-15-45(55)27-33-61(67)69)63-35-37-65(73-63)75-66-38-36-64(74-66)70(52-30-24-50-44-54(72-40-6-4-2)32-26-48(50)42-52)60-22-14-12-20-58(60)68-56-18-10-8-16-46(56)28-34-62(68)70/h7-38,41-44H,39-40H2,1-2H3. The molecule has 0 radical (unpaired) electrons. The zero-order valence-electron chi connectivity index (χ0n) is 41.2. The summed E-state index contributed by atoms with van der Waals surface area (Å²) in [6.45, 7) is 4.42. The Morgan fingerprint density at radius 1 is 0.387 bits per heavy atom. The van der Waals surface area contributed by atoms with E-state index in [9.17, 15) is 0 Å². The molecule has 2 heterocycles. The first-order chi connectivity index (χ1) is 37.1. The lowest BCUT2D eigenvalue weighted by Gasteiger charge is -2.32. The van der Waals surface area contributed by atoms with E-state index in [1.807, 2.05) is 48.3 Å². The summed E-state index contributed by atoms with van der Waals surface area (Å²) in [5, 5.41) is 9.66. The van der Waals surface area contributed by atoms with Crippen LogP contribution in [-0.4, -0.2) is 13.2 Å². The third kappa shape index (κ3) is 7.11. The number of rotatable bonds is 10. The second kappa shape index (κ2) is 18.3. The average Bonchev–Trinajstić information content (AvgIpc) is 4.29. The van der Waals surface area contributed by atoms with Crippen molar-refractivity contribution < 1.29 is 9.47 Å². The molecule has 5 heteroatoms. The highest BCUT2D eigenvalue weighted by Crippen LogP contribution is 2.62. The zero-order valence-corrected chi connectivity index (χ0v) is 43.7. The van der Waals surface area contributed by atoms with Crippen molar-refractivity contribution in [1.29, 1.82) is 0 Å². The lowest BCUT2D eigenvalue weighted by Crippen LogP contribution is -2.27. The van der Waals surface area contributed by atoms with Crippen LogP contribution in [0.1, 0.15) is 57.0 Å². The molecule has 0 spiro atoms. The Labute approximate surface area is 449 Å². The van der Waals surface area contributed by atoms with Crippen LogP contribution in [0.2, 0.25) is 0 Å². The Morgan fingerprint density at radius 2 is 0.800 bits per heavy atom. The molecule has 75 heavy (non-hydrogen) atoms. The van der Waals surface area contributed by atoms with Crippen molar-refractivity contribution >= 4 is 77.5 Å². The molecule has 0 bridgehead atoms. The highest BCUT2D eigenvalue weighted by Gasteiger charge is 2.49. The molecule has 2 unspecified atom stereocenters. The summed E-state index contributed by atoms with van der Waals surface area (Å²) in [4.78, 5) is 2.59. The van der Waals surface area contributed by atoms with E-state index in [4.69, 9.17) is 9.47 Å². The Bertz CT molecular complexity index is 4140. The van der Waals surface area contributed by atoms with Crippen LogP contribution in [0.25, 0.3) is 65.3 Å². The molecule has 0 saturated carbocycles. The van der Waals surface area contributed by atoms with Crippen molar-refractivity contribution in [2.24, 2.45) is 0 Å². The van der Waals surface area contributed by atoms with Gasteiger partial charge in [0.2, 0.25) is 0 Å². The number of benzene rings is 10. The molecule has 0 amide bonds. The summed E-state index contributed by atoms with van der Waals surface area (Å²) >= 11 is 5.71. The number of hydrogen-bond acceptors (Lipinski definition) is 5. The van der Waals surface area contributed by atoms with E-state index in [0.717, 1.165) is 22.3 Å². The van der Waals surface area contributed by atoms with E-state index in [1.54, 1.807) is 0 Å². The van der Waals surface area contributed by atoms with Gasteiger partial charge in [-0.2, -0.15) is 0 Å². The highest BCUT2D eigenvalue weighted by molar-refractivity contribution is 8.02. The third-order valence-corrected chi connectivity index (χ3v) is 19.1. The maximum absolute atomic E-state index is 6.02. The molecular formula is C70H46O2S3. The van der Waals surface area contributed by atoms with Crippen molar-refractivity contribution in [3.05, 3.63) is 262 Å². The van der Waals surface area contributed by atoms with Crippen molar-refractivity contribution in [2.75, 3.05) is 13.2 Å². The summed E-state index contributed by atoms with van der Waals surface area (Å²) in [6, 6.07) is 81.7. The van der Waals surface area contributed by atoms with Crippen LogP contribution in [0.15, 0.2) is 227 Å². The fourth-order valence-electron chi connectivity index (χ4n) is 12.3. The molecule has 2 aromatic heterocycles. The van der Waals surface area contributed by atoms with Crippen LogP contribution in [0.3, 0.4) is 0 Å². The number of fused-ring (bicyclic) bond motifs is 12. The van der Waals surface area contributed by atoms with Gasteiger partial charge in [-0.25, -0.2) is 0 Å². The van der Waals surface area contributed by atoms with Gasteiger partial charge in [0.05, 0.1) is 19.2 Å². The van der Waals surface area contributed by atoms with Gasteiger partial charge in [-0.05, 0) is 173 Å². The average molecular weight is 1020 g/mol. The first-order valence-corrected chi connectivity index (χ1v) is 27.8. The molecule has 10 aromatic carbocycles. The van der Waals surface area contributed by atoms with Crippen LogP contribution >= 0.6 is 34.4 Å². The normalized spacial score (nSPS) is 15.9. The van der Waals surface area contributed by atoms with E-state index in [2.05, 4.69) is 242 Å². The summed E-state index contributed by atoms with van der Waals surface area (Å²) in [7, 11) is 0. The van der Waals surface area contributed by atoms with Gasteiger partial charge in [-0.15, -0.1) is 34.5 Å². The smallest absolute Gasteiger partial charge is 0.149 e. The predicted molar refractivity (Wildman–Crippen MR) is 315 cm³/mol. The monoisotopic (exact) mass is 1010 g/mol. The maximum atomic E-state index is 6.02. The molecule has 2 atom stereocenters. The number of thiophene rings is 2. The number of ether oxygens (including phenoxy) is 2. The fraction of sp³-hybridized carbons (Fsp3) is 0.0857. The largest absolute Gasteiger partial charge is 0.481 e. The van der Waals surface area contributed by atoms with Gasteiger partial charge < -0.3 is 9.47 Å². The summed E-state index contributed by atoms with van der Waals surface area (Å²) in [6.07, 6.45) is 0. The van der Waals surface area contributed by atoms with Gasteiger partial charge in [-0.3, -0.25) is 0 Å². The van der Waals surface area contributed by atoms with Crippen LogP contribution < -0.4 is 9.47 Å². The van der Waals surface area contributed by atoms with Gasteiger partial charge >= 0.3 is 0 Å². The van der Waals surface area contributed by atoms with Crippen molar-refractivity contribution in [3.8, 4) is 57.4 Å². The second-order valence-electron chi connectivity index (χ2n) is 19.2. The Kier molecular flexibility index (Phi) is 11.0. The maximum Gasteiger partial charge on any atom is 0.149 e. The summed E-state index contributed by atoms with van der Waals surface area (Å²) in [5.74, 6) is 13.6. The molecule has 0 fully saturated rings. The molecule has 2 nitrogen and oxygen atoms in total. The molecule has 0 N–H and O–H groups in total. The van der Waals surface area contributed by atoms with Gasteiger partial charge in [-0.1, -0.05) is 181 Å². The lowest BCUT2D eigenvalue weighted by atomic mass is 9.71. The first-order valence-electron chi connectivity index (χ1n) is 25.3. The minimum atomic E-state index is -0.559. The topological polar surface area (TPSA) is 18.5 Å². The zero-order chi connectivity index (χ0) is 50.1. The molecule has 12 aromatic rings. The first kappa shape index (κ1) is 45.3. The lowest BCUT2D eigenvalue weighted by molar-refractivity contribution is 0.370. The van der Waals surface area contributed by atoms with Gasteiger partial charge in [0, 0.05) is 9.75 Å². The molecule has 0 aliphatic heterocycles. The molecule has 14 rings (SSSR count). The minimum Gasteiger partial charge on any atom is -0.481 e. The number of hydrogen-bond donors (Lipinski definition) is 0. The Balaban J connectivity index is 0.912. The molecule has 2 aliphatic carbocycles. The van der Waals surface area contributed by atoms with E-state index >= 15 is 0 Å². The van der Waals surface area contributed by atoms with E-state index in [1.165, 1.54) is 106 Å². The van der Waals surface area contributed by atoms with Gasteiger partial charge in [0.25, 0.3) is 0 Å². The van der Waals surface area contributed by atoms with Crippen molar-refractivity contribution in [1.82, 2.24) is 0 Å². The van der Waals surface area contributed by atoms with Crippen LogP contribution in [0.5, 0.6) is 11.5 Å². The highest BCUT2D eigenvalue weighted by atomic mass is 32.2. The Morgan fingerprint density at radius 3 is 1.28 bits per heavy atom. The van der Waals surface area contributed by atoms with E-state index < -0.39 is 10.8 Å². The van der Waals surface area contributed by atoms with Crippen molar-refractivity contribution in [2.45, 2.75) is 33.1 Å². The molecule has 0 saturated heterocycles. The Hall–Kier alpha value is -8.29. The SMILES string of the molecule is CC#CCOc1ccc2cc(C3(c4ccc(Sc5ccc(C6(c7ccc8cc(OCC#CC)ccc8c7)c7ccccc7-c7c6ccc6ccccc76)s5)s4)c4ccccc4-c4c3ccc3ccccc43)ccc2c1. The third-order valence-electron chi connectivity index (χ3n) is 15.4. The minimum absolute atomic E-state index is 0.370. The van der Waals surface area contributed by atoms with Crippen LogP contribution in [-0.2, 0) is 10.8 Å². The quantitative estimate of drug-likeness (QED) is 0.127. The van der Waals surface area contributed by atoms with Gasteiger partial charge in [0.1, 0.15) is 24.7 Å². The molecule has 356 valence electrons. The fourth-order valence-corrected chi connectivity index (χ4v) is 16.3. The predicted octanol–water partition coefficient (Wildman–Crippen LogP) is 18.1. The van der Waals surface area contributed by atoms with Crippen molar-refractivity contribution in [3.63, 3.8) is 0 Å². The van der Waals surface area contributed by atoms with E-state index in [-0.39, 0.29) is 0 Å². The van der Waals surface area contributed by atoms with Crippen LogP contribution in [0.4, 0.5) is 0 Å². The molecular weight excluding hydrogens is 969 g/mol. The summed E-state index contributed by atoms with van der Waals surface area (Å²) < 4.78 is 14.5. The van der Waals surface area contributed by atoms with Crippen LogP contribution in [0, 0.1) is 23.7 Å². The second-order valence-corrected chi connectivity index (χ2v) is 23.0. The molecule has 2 aliphatic rings. The van der Waals surface area contributed by atoms with Gasteiger partial charge in [0.15, 0.2) is 0 Å². The summed E-state index contributed by atoms with van der Waals surface area (Å²) in [5.41, 5.74) is 11.8. The van der Waals surface area contributed by atoms with E-state index in [0.29, 0.717) is 13.2 Å².